The molecule has 19 heavy (non-hydrogen) atoms. The van der Waals surface area contributed by atoms with Gasteiger partial charge in [0.1, 0.15) is 11.9 Å². The highest BCUT2D eigenvalue weighted by molar-refractivity contribution is 9.10. The second-order valence-electron chi connectivity index (χ2n) is 3.90. The Hall–Kier alpha value is -1.63. The average molecular weight is 333 g/mol. The van der Waals surface area contributed by atoms with Gasteiger partial charge in [-0.05, 0) is 40.5 Å². The van der Waals surface area contributed by atoms with Gasteiger partial charge in [-0.15, -0.1) is 0 Å². The van der Waals surface area contributed by atoms with Crippen LogP contribution in [0.4, 0.5) is 14.9 Å². The molecular formula is C12H14BrFN2O3. The third kappa shape index (κ3) is 4.86. The minimum atomic E-state index is -1.09. The minimum absolute atomic E-state index is 0.341. The zero-order chi connectivity index (χ0) is 14.4. The van der Waals surface area contributed by atoms with Crippen molar-refractivity contribution in [2.75, 3.05) is 5.32 Å². The van der Waals surface area contributed by atoms with Crippen LogP contribution in [0, 0.1) is 5.82 Å². The van der Waals surface area contributed by atoms with E-state index in [1.54, 1.807) is 0 Å². The summed E-state index contributed by atoms with van der Waals surface area (Å²) in [6.07, 6.45) is 0.977. The first kappa shape index (κ1) is 15.4. The fraction of sp³-hybridized carbons (Fsp3) is 0.333. The molecule has 3 N–H and O–H groups in total. The highest BCUT2D eigenvalue weighted by Crippen LogP contribution is 2.22. The van der Waals surface area contributed by atoms with Gasteiger partial charge in [0, 0.05) is 4.47 Å². The number of carboxylic acids is 1. The lowest BCUT2D eigenvalue weighted by Gasteiger charge is -2.14. The SMILES string of the molecule is CCCC(NC(=O)Nc1ccc(F)cc1Br)C(=O)O. The smallest absolute Gasteiger partial charge is 0.326 e. The first-order valence-corrected chi connectivity index (χ1v) is 6.48. The molecule has 2 amide bonds. The highest BCUT2D eigenvalue weighted by atomic mass is 79.9. The van der Waals surface area contributed by atoms with Crippen LogP contribution in [0.2, 0.25) is 0 Å². The van der Waals surface area contributed by atoms with Gasteiger partial charge in [0.05, 0.1) is 5.69 Å². The Labute approximate surface area is 118 Å². The Balaban J connectivity index is 2.66. The molecule has 1 rings (SSSR count). The number of carboxylic acid groups (broad SMARTS) is 1. The molecule has 1 atom stereocenters. The van der Waals surface area contributed by atoms with Gasteiger partial charge >= 0.3 is 12.0 Å². The molecule has 0 aliphatic carbocycles. The van der Waals surface area contributed by atoms with Crippen molar-refractivity contribution in [2.45, 2.75) is 25.8 Å². The molecule has 1 aromatic rings. The zero-order valence-corrected chi connectivity index (χ0v) is 11.8. The lowest BCUT2D eigenvalue weighted by Crippen LogP contribution is -2.42. The summed E-state index contributed by atoms with van der Waals surface area (Å²) in [5.74, 6) is -1.53. The maximum atomic E-state index is 12.9. The summed E-state index contributed by atoms with van der Waals surface area (Å²) in [6.45, 7) is 1.83. The second-order valence-corrected chi connectivity index (χ2v) is 4.76. The predicted octanol–water partition coefficient (Wildman–Crippen LogP) is 2.96. The number of rotatable bonds is 5. The summed E-state index contributed by atoms with van der Waals surface area (Å²) in [6, 6.07) is 2.20. The third-order valence-corrected chi connectivity index (χ3v) is 3.02. The first-order valence-electron chi connectivity index (χ1n) is 5.69. The summed E-state index contributed by atoms with van der Waals surface area (Å²) in [5.41, 5.74) is 0.361. The van der Waals surface area contributed by atoms with Crippen molar-refractivity contribution in [1.29, 1.82) is 0 Å². The van der Waals surface area contributed by atoms with Crippen LogP contribution >= 0.6 is 15.9 Å². The van der Waals surface area contributed by atoms with Gasteiger partial charge < -0.3 is 15.7 Å². The molecule has 0 spiro atoms. The fourth-order valence-electron chi connectivity index (χ4n) is 1.45. The molecule has 0 saturated heterocycles. The molecule has 0 radical (unpaired) electrons. The molecule has 0 saturated carbocycles. The minimum Gasteiger partial charge on any atom is -0.480 e. The number of aliphatic carboxylic acids is 1. The largest absolute Gasteiger partial charge is 0.480 e. The molecule has 5 nitrogen and oxygen atoms in total. The van der Waals surface area contributed by atoms with Crippen LogP contribution in [0.3, 0.4) is 0 Å². The highest BCUT2D eigenvalue weighted by Gasteiger charge is 2.19. The monoisotopic (exact) mass is 332 g/mol. The average Bonchev–Trinajstić information content (AvgIpc) is 2.32. The Morgan fingerprint density at radius 2 is 2.16 bits per heavy atom. The van der Waals surface area contributed by atoms with Crippen LogP contribution in [-0.2, 0) is 4.79 Å². The Morgan fingerprint density at radius 3 is 2.68 bits per heavy atom. The summed E-state index contributed by atoms with van der Waals surface area (Å²) < 4.78 is 13.2. The maximum absolute atomic E-state index is 12.9. The van der Waals surface area contributed by atoms with E-state index in [2.05, 4.69) is 26.6 Å². The molecule has 1 unspecified atom stereocenters. The van der Waals surface area contributed by atoms with E-state index in [0.717, 1.165) is 0 Å². The van der Waals surface area contributed by atoms with Crippen molar-refractivity contribution >= 4 is 33.6 Å². The molecule has 104 valence electrons. The third-order valence-electron chi connectivity index (χ3n) is 2.36. The molecule has 0 aliphatic rings. The normalized spacial score (nSPS) is 11.7. The number of carbonyl (C=O) groups excluding carboxylic acids is 1. The van der Waals surface area contributed by atoms with E-state index < -0.39 is 23.9 Å². The molecular weight excluding hydrogens is 319 g/mol. The second kappa shape index (κ2) is 7.08. The quantitative estimate of drug-likeness (QED) is 0.775. The number of anilines is 1. The predicted molar refractivity (Wildman–Crippen MR) is 72.6 cm³/mol. The standard InChI is InChI=1S/C12H14BrFN2O3/c1-2-3-10(11(17)18)16-12(19)15-9-5-4-7(14)6-8(9)13/h4-6,10H,2-3H2,1H3,(H,17,18)(H2,15,16,19). The lowest BCUT2D eigenvalue weighted by molar-refractivity contribution is -0.139. The van der Waals surface area contributed by atoms with E-state index in [1.165, 1.54) is 18.2 Å². The molecule has 0 bridgehead atoms. The number of hydrogen-bond donors (Lipinski definition) is 3. The molecule has 0 fully saturated rings. The van der Waals surface area contributed by atoms with Gasteiger partial charge in [-0.3, -0.25) is 0 Å². The van der Waals surface area contributed by atoms with E-state index in [-0.39, 0.29) is 0 Å². The molecule has 0 aliphatic heterocycles. The van der Waals surface area contributed by atoms with Crippen molar-refractivity contribution in [2.24, 2.45) is 0 Å². The summed E-state index contributed by atoms with van der Waals surface area (Å²) in [5, 5.41) is 13.7. The maximum Gasteiger partial charge on any atom is 0.326 e. The molecule has 0 heterocycles. The van der Waals surface area contributed by atoms with Crippen molar-refractivity contribution in [1.82, 2.24) is 5.32 Å². The molecule has 1 aromatic carbocycles. The van der Waals surface area contributed by atoms with E-state index in [0.29, 0.717) is 23.0 Å². The topological polar surface area (TPSA) is 78.4 Å². The number of urea groups is 1. The Morgan fingerprint density at radius 1 is 1.47 bits per heavy atom. The van der Waals surface area contributed by atoms with Crippen molar-refractivity contribution in [3.8, 4) is 0 Å². The van der Waals surface area contributed by atoms with E-state index in [4.69, 9.17) is 5.11 Å². The van der Waals surface area contributed by atoms with E-state index in [9.17, 15) is 14.0 Å². The number of hydrogen-bond acceptors (Lipinski definition) is 2. The number of halogens is 2. The summed E-state index contributed by atoms with van der Waals surface area (Å²) in [4.78, 5) is 22.5. The van der Waals surface area contributed by atoms with Crippen LogP contribution in [0.1, 0.15) is 19.8 Å². The summed E-state index contributed by atoms with van der Waals surface area (Å²) in [7, 11) is 0. The molecule has 7 heteroatoms. The Kier molecular flexibility index (Phi) is 5.75. The van der Waals surface area contributed by atoms with Crippen molar-refractivity contribution in [3.05, 3.63) is 28.5 Å². The zero-order valence-electron chi connectivity index (χ0n) is 10.2. The molecule has 0 aromatic heterocycles. The van der Waals surface area contributed by atoms with Gasteiger partial charge in [-0.2, -0.15) is 0 Å². The van der Waals surface area contributed by atoms with Crippen LogP contribution < -0.4 is 10.6 Å². The lowest BCUT2D eigenvalue weighted by atomic mass is 10.2. The van der Waals surface area contributed by atoms with Gasteiger partial charge in [0.25, 0.3) is 0 Å². The van der Waals surface area contributed by atoms with Crippen molar-refractivity contribution in [3.63, 3.8) is 0 Å². The van der Waals surface area contributed by atoms with Crippen LogP contribution in [0.15, 0.2) is 22.7 Å². The van der Waals surface area contributed by atoms with Gasteiger partial charge in [-0.1, -0.05) is 13.3 Å². The number of carbonyl (C=O) groups is 2. The number of amides is 2. The van der Waals surface area contributed by atoms with Crippen LogP contribution in [0.5, 0.6) is 0 Å². The first-order chi connectivity index (χ1) is 8.93. The van der Waals surface area contributed by atoms with E-state index in [1.807, 2.05) is 6.92 Å². The van der Waals surface area contributed by atoms with E-state index >= 15 is 0 Å². The fourth-order valence-corrected chi connectivity index (χ4v) is 1.90. The number of benzene rings is 1. The van der Waals surface area contributed by atoms with Gasteiger partial charge in [-0.25, -0.2) is 14.0 Å². The number of nitrogens with one attached hydrogen (secondary N) is 2. The van der Waals surface area contributed by atoms with Crippen molar-refractivity contribution < 1.29 is 19.1 Å². The Bertz CT molecular complexity index is 482. The van der Waals surface area contributed by atoms with Crippen LogP contribution in [-0.4, -0.2) is 23.1 Å². The summed E-state index contributed by atoms with van der Waals surface area (Å²) >= 11 is 3.10. The van der Waals surface area contributed by atoms with Crippen LogP contribution in [0.25, 0.3) is 0 Å². The van der Waals surface area contributed by atoms with Gasteiger partial charge in [0.2, 0.25) is 0 Å². The van der Waals surface area contributed by atoms with Gasteiger partial charge in [0.15, 0.2) is 0 Å².